The zero-order chi connectivity index (χ0) is 28.5. The molecule has 1 aliphatic rings. The van der Waals surface area contributed by atoms with Crippen LogP contribution in [0, 0.1) is 6.92 Å². The van der Waals surface area contributed by atoms with Crippen molar-refractivity contribution < 1.29 is 19.2 Å². The fraction of sp³-hybridized carbons (Fsp3) is 0.323. The van der Waals surface area contributed by atoms with Gasteiger partial charge in [0, 0.05) is 24.7 Å². The van der Waals surface area contributed by atoms with Crippen LogP contribution in [0.15, 0.2) is 66.9 Å². The SMILES string of the molecule is CN[C@@H](CCCc1cccc(C)c1CN(C=O)C1CCC(=O)NC1=O)C(=O)Nc1ccccc1-c1ccccn1. The Morgan fingerprint density at radius 2 is 1.93 bits per heavy atom. The monoisotopic (exact) mass is 541 g/mol. The molecule has 3 N–H and O–H groups in total. The Morgan fingerprint density at radius 3 is 2.65 bits per heavy atom. The van der Waals surface area contributed by atoms with Crippen molar-refractivity contribution in [3.8, 4) is 11.3 Å². The van der Waals surface area contributed by atoms with Gasteiger partial charge in [0.1, 0.15) is 6.04 Å². The molecule has 0 radical (unpaired) electrons. The average molecular weight is 542 g/mol. The maximum Gasteiger partial charge on any atom is 0.249 e. The molecule has 1 saturated heterocycles. The van der Waals surface area contributed by atoms with E-state index in [2.05, 4.69) is 20.9 Å². The first-order valence-corrected chi connectivity index (χ1v) is 13.5. The highest BCUT2D eigenvalue weighted by molar-refractivity contribution is 6.01. The summed E-state index contributed by atoms with van der Waals surface area (Å²) >= 11 is 0. The van der Waals surface area contributed by atoms with E-state index in [1.807, 2.05) is 67.6 Å². The number of likely N-dealkylation sites (N-methyl/N-ethyl adjacent to an activating group) is 1. The summed E-state index contributed by atoms with van der Waals surface area (Å²) in [6.45, 7) is 2.26. The van der Waals surface area contributed by atoms with Crippen LogP contribution in [-0.4, -0.2) is 53.1 Å². The number of para-hydroxylation sites is 1. The summed E-state index contributed by atoms with van der Waals surface area (Å²) in [6.07, 6.45) is 4.97. The molecule has 9 nitrogen and oxygen atoms in total. The van der Waals surface area contributed by atoms with Gasteiger partial charge in [0.15, 0.2) is 0 Å². The average Bonchev–Trinajstić information content (AvgIpc) is 2.96. The van der Waals surface area contributed by atoms with Gasteiger partial charge in [0.05, 0.1) is 17.4 Å². The predicted molar refractivity (Wildman–Crippen MR) is 153 cm³/mol. The molecule has 4 rings (SSSR count). The number of anilines is 1. The summed E-state index contributed by atoms with van der Waals surface area (Å²) in [5, 5.41) is 8.52. The molecular weight excluding hydrogens is 506 g/mol. The van der Waals surface area contributed by atoms with E-state index in [9.17, 15) is 19.2 Å². The van der Waals surface area contributed by atoms with Crippen molar-refractivity contribution in [1.29, 1.82) is 0 Å². The third-order valence-corrected chi connectivity index (χ3v) is 7.32. The maximum absolute atomic E-state index is 13.2. The zero-order valence-corrected chi connectivity index (χ0v) is 22.9. The van der Waals surface area contributed by atoms with Crippen LogP contribution in [0.2, 0.25) is 0 Å². The molecule has 4 amide bonds. The van der Waals surface area contributed by atoms with Crippen molar-refractivity contribution in [2.75, 3.05) is 12.4 Å². The Balaban J connectivity index is 1.40. The van der Waals surface area contributed by atoms with E-state index >= 15 is 0 Å². The van der Waals surface area contributed by atoms with Gasteiger partial charge in [-0.25, -0.2) is 0 Å². The van der Waals surface area contributed by atoms with Gasteiger partial charge in [-0.1, -0.05) is 42.5 Å². The second-order valence-corrected chi connectivity index (χ2v) is 9.94. The lowest BCUT2D eigenvalue weighted by atomic mass is 9.95. The minimum absolute atomic E-state index is 0.125. The van der Waals surface area contributed by atoms with Crippen molar-refractivity contribution in [3.63, 3.8) is 0 Å². The molecule has 0 aliphatic carbocycles. The maximum atomic E-state index is 13.2. The number of nitrogens with one attached hydrogen (secondary N) is 3. The number of rotatable bonds is 12. The third kappa shape index (κ3) is 6.98. The minimum Gasteiger partial charge on any atom is -0.329 e. The van der Waals surface area contributed by atoms with Gasteiger partial charge >= 0.3 is 0 Å². The number of piperidine rings is 1. The smallest absolute Gasteiger partial charge is 0.249 e. The number of hydrogen-bond acceptors (Lipinski definition) is 6. The summed E-state index contributed by atoms with van der Waals surface area (Å²) in [7, 11) is 1.77. The molecule has 1 fully saturated rings. The van der Waals surface area contributed by atoms with Crippen LogP contribution in [0.4, 0.5) is 5.69 Å². The molecule has 1 aliphatic heterocycles. The highest BCUT2D eigenvalue weighted by Gasteiger charge is 2.31. The van der Waals surface area contributed by atoms with Gasteiger partial charge in [-0.3, -0.25) is 29.5 Å². The molecule has 0 spiro atoms. The van der Waals surface area contributed by atoms with Crippen LogP contribution in [0.25, 0.3) is 11.3 Å². The topological polar surface area (TPSA) is 121 Å². The molecule has 2 aromatic carbocycles. The highest BCUT2D eigenvalue weighted by Crippen LogP contribution is 2.26. The van der Waals surface area contributed by atoms with Crippen LogP contribution in [0.5, 0.6) is 0 Å². The number of hydrogen-bond donors (Lipinski definition) is 3. The number of aryl methyl sites for hydroxylation is 2. The third-order valence-electron chi connectivity index (χ3n) is 7.32. The van der Waals surface area contributed by atoms with Gasteiger partial charge in [0.2, 0.25) is 24.1 Å². The summed E-state index contributed by atoms with van der Waals surface area (Å²) in [5.41, 5.74) is 5.41. The number of carbonyl (C=O) groups excluding carboxylic acids is 4. The van der Waals surface area contributed by atoms with Gasteiger partial charge in [-0.2, -0.15) is 0 Å². The molecule has 2 heterocycles. The standard InChI is InChI=1S/C31H35N5O4/c1-21-9-7-10-22(24(21)19-36(20-37)28-16-17-29(38)35-31(28)40)11-8-15-27(32-2)30(39)34-26-14-4-3-12-23(26)25-13-5-6-18-33-25/h3-7,9-10,12-14,18,20,27-28,32H,8,11,15-17,19H2,1-2H3,(H,34,39)(H,35,38,40)/t27-,28?/m0/s1. The van der Waals surface area contributed by atoms with Crippen LogP contribution >= 0.6 is 0 Å². The molecule has 3 aromatic rings. The summed E-state index contributed by atoms with van der Waals surface area (Å²) in [6, 6.07) is 18.2. The van der Waals surface area contributed by atoms with E-state index in [-0.39, 0.29) is 24.8 Å². The van der Waals surface area contributed by atoms with Crippen LogP contribution in [0.3, 0.4) is 0 Å². The molecule has 0 saturated carbocycles. The van der Waals surface area contributed by atoms with Crippen molar-refractivity contribution >= 4 is 29.8 Å². The molecule has 208 valence electrons. The summed E-state index contributed by atoms with van der Waals surface area (Å²) in [5.74, 6) is -0.877. The molecule has 1 aromatic heterocycles. The first-order chi connectivity index (χ1) is 19.4. The van der Waals surface area contributed by atoms with E-state index in [0.717, 1.165) is 34.4 Å². The molecule has 40 heavy (non-hydrogen) atoms. The Morgan fingerprint density at radius 1 is 1.12 bits per heavy atom. The largest absolute Gasteiger partial charge is 0.329 e. The molecule has 2 atom stereocenters. The number of aromatic nitrogens is 1. The lowest BCUT2D eigenvalue weighted by Gasteiger charge is -2.31. The number of amides is 4. The zero-order valence-electron chi connectivity index (χ0n) is 22.9. The quantitative estimate of drug-likeness (QED) is 0.239. The molecule has 0 bridgehead atoms. The Bertz CT molecular complexity index is 1360. The van der Waals surface area contributed by atoms with Crippen LogP contribution in [0.1, 0.15) is 42.4 Å². The fourth-order valence-corrected chi connectivity index (χ4v) is 5.09. The van der Waals surface area contributed by atoms with Crippen molar-refractivity contribution in [2.45, 2.75) is 57.7 Å². The predicted octanol–water partition coefficient (Wildman–Crippen LogP) is 3.37. The second kappa shape index (κ2) is 13.6. The molecular formula is C31H35N5O4. The van der Waals surface area contributed by atoms with Gasteiger partial charge in [-0.05, 0) is 74.5 Å². The van der Waals surface area contributed by atoms with Gasteiger partial charge < -0.3 is 15.5 Å². The first-order valence-electron chi connectivity index (χ1n) is 13.5. The first kappa shape index (κ1) is 28.6. The number of pyridine rings is 1. The van der Waals surface area contributed by atoms with Crippen molar-refractivity contribution in [1.82, 2.24) is 20.5 Å². The van der Waals surface area contributed by atoms with E-state index in [1.54, 1.807) is 13.2 Å². The van der Waals surface area contributed by atoms with Gasteiger partial charge in [-0.15, -0.1) is 0 Å². The van der Waals surface area contributed by atoms with Crippen LogP contribution in [-0.2, 0) is 32.1 Å². The van der Waals surface area contributed by atoms with Crippen molar-refractivity contribution in [2.24, 2.45) is 0 Å². The highest BCUT2D eigenvalue weighted by atomic mass is 16.2. The molecule has 1 unspecified atom stereocenters. The summed E-state index contributed by atoms with van der Waals surface area (Å²) in [4.78, 5) is 54.9. The van der Waals surface area contributed by atoms with E-state index in [0.29, 0.717) is 31.4 Å². The Labute approximate surface area is 234 Å². The molecule has 9 heteroatoms. The Kier molecular flexibility index (Phi) is 9.75. The number of benzene rings is 2. The lowest BCUT2D eigenvalue weighted by molar-refractivity contribution is -0.141. The fourth-order valence-electron chi connectivity index (χ4n) is 5.09. The lowest BCUT2D eigenvalue weighted by Crippen LogP contribution is -2.51. The van der Waals surface area contributed by atoms with E-state index in [4.69, 9.17) is 0 Å². The normalized spacial score (nSPS) is 15.7. The minimum atomic E-state index is -0.672. The number of nitrogens with zero attached hydrogens (tertiary/aromatic N) is 2. The number of imide groups is 1. The van der Waals surface area contributed by atoms with Gasteiger partial charge in [0.25, 0.3) is 0 Å². The number of carbonyl (C=O) groups is 4. The van der Waals surface area contributed by atoms with Crippen molar-refractivity contribution in [3.05, 3.63) is 83.6 Å². The van der Waals surface area contributed by atoms with Crippen LogP contribution < -0.4 is 16.0 Å². The van der Waals surface area contributed by atoms with E-state index < -0.39 is 18.0 Å². The van der Waals surface area contributed by atoms with E-state index in [1.165, 1.54) is 4.90 Å². The Hall–Kier alpha value is -4.37. The summed E-state index contributed by atoms with van der Waals surface area (Å²) < 4.78 is 0. The second-order valence-electron chi connectivity index (χ2n) is 9.94.